The highest BCUT2D eigenvalue weighted by Crippen LogP contribution is 2.19. The summed E-state index contributed by atoms with van der Waals surface area (Å²) in [5, 5.41) is 0. The van der Waals surface area contributed by atoms with Crippen LogP contribution in [0.25, 0.3) is 0 Å². The smallest absolute Gasteiger partial charge is 0.0659 e. The third-order valence-electron chi connectivity index (χ3n) is 3.78. The van der Waals surface area contributed by atoms with Gasteiger partial charge in [0.1, 0.15) is 0 Å². The molecule has 0 aromatic rings. The molecule has 2 unspecified atom stereocenters. The van der Waals surface area contributed by atoms with E-state index in [1.165, 1.54) is 0 Å². The van der Waals surface area contributed by atoms with Gasteiger partial charge in [0.15, 0.2) is 0 Å². The van der Waals surface area contributed by atoms with Crippen LogP contribution in [0.4, 0.5) is 0 Å². The van der Waals surface area contributed by atoms with Crippen LogP contribution >= 0.6 is 0 Å². The number of ether oxygens (including phenoxy) is 1. The topological polar surface area (TPSA) is 41.7 Å². The first-order valence-electron chi connectivity index (χ1n) is 6.26. The van der Waals surface area contributed by atoms with Crippen LogP contribution in [0, 0.1) is 0 Å². The first kappa shape index (κ1) is 13.9. The summed E-state index contributed by atoms with van der Waals surface area (Å²) in [5.74, 6) is 0. The molecule has 0 amide bonds. The molecule has 0 radical (unpaired) electrons. The molecule has 4 heteroatoms. The molecule has 1 fully saturated rings. The first-order chi connectivity index (χ1) is 7.53. The van der Waals surface area contributed by atoms with Gasteiger partial charge in [-0.2, -0.15) is 0 Å². The van der Waals surface area contributed by atoms with Gasteiger partial charge in [-0.3, -0.25) is 4.90 Å². The van der Waals surface area contributed by atoms with Crippen molar-refractivity contribution in [1.82, 2.24) is 9.80 Å². The highest BCUT2D eigenvalue weighted by Gasteiger charge is 2.34. The van der Waals surface area contributed by atoms with Gasteiger partial charge in [0.2, 0.25) is 0 Å². The fourth-order valence-electron chi connectivity index (χ4n) is 2.14. The number of piperazine rings is 1. The Kier molecular flexibility index (Phi) is 5.18. The lowest BCUT2D eigenvalue weighted by Crippen LogP contribution is -2.62. The van der Waals surface area contributed by atoms with E-state index in [4.69, 9.17) is 10.5 Å². The second-order valence-corrected chi connectivity index (χ2v) is 5.11. The van der Waals surface area contributed by atoms with Crippen molar-refractivity contribution in [1.29, 1.82) is 0 Å². The van der Waals surface area contributed by atoms with E-state index in [-0.39, 0.29) is 5.54 Å². The summed E-state index contributed by atoms with van der Waals surface area (Å²) in [6.07, 6.45) is 0. The predicted molar refractivity (Wildman–Crippen MR) is 67.6 cm³/mol. The van der Waals surface area contributed by atoms with E-state index in [0.29, 0.717) is 12.6 Å². The fraction of sp³-hybridized carbons (Fsp3) is 1.00. The summed E-state index contributed by atoms with van der Waals surface area (Å²) in [6.45, 7) is 11.9. The predicted octanol–water partition coefficient (Wildman–Crippen LogP) is 0.376. The van der Waals surface area contributed by atoms with Crippen molar-refractivity contribution in [3.8, 4) is 0 Å². The van der Waals surface area contributed by atoms with Gasteiger partial charge in [0, 0.05) is 38.8 Å². The van der Waals surface area contributed by atoms with Gasteiger partial charge < -0.3 is 15.4 Å². The summed E-state index contributed by atoms with van der Waals surface area (Å²) >= 11 is 0. The van der Waals surface area contributed by atoms with E-state index in [1.807, 2.05) is 6.92 Å². The lowest BCUT2D eigenvalue weighted by molar-refractivity contribution is -0.0247. The molecule has 0 aromatic carbocycles. The third kappa shape index (κ3) is 3.17. The standard InChI is InChI=1S/C12H27N3O/c1-5-16-10-12(3,9-13)15-7-6-14(4)11(2)8-15/h11H,5-10,13H2,1-4H3. The summed E-state index contributed by atoms with van der Waals surface area (Å²) in [6, 6.07) is 0.598. The van der Waals surface area contributed by atoms with E-state index < -0.39 is 0 Å². The van der Waals surface area contributed by atoms with Crippen LogP contribution in [0.5, 0.6) is 0 Å². The van der Waals surface area contributed by atoms with Gasteiger partial charge >= 0.3 is 0 Å². The molecule has 1 saturated heterocycles. The number of likely N-dealkylation sites (N-methyl/N-ethyl adjacent to an activating group) is 1. The number of rotatable bonds is 5. The normalized spacial score (nSPS) is 27.9. The maximum absolute atomic E-state index is 5.92. The molecule has 1 aliphatic heterocycles. The molecule has 2 atom stereocenters. The Morgan fingerprint density at radius 3 is 2.62 bits per heavy atom. The molecule has 1 heterocycles. The zero-order chi connectivity index (χ0) is 12.2. The summed E-state index contributed by atoms with van der Waals surface area (Å²) in [4.78, 5) is 4.88. The van der Waals surface area contributed by atoms with Gasteiger partial charge in [0.05, 0.1) is 12.1 Å². The monoisotopic (exact) mass is 229 g/mol. The molecule has 1 rings (SSSR count). The van der Waals surface area contributed by atoms with Crippen LogP contribution in [0.15, 0.2) is 0 Å². The quantitative estimate of drug-likeness (QED) is 0.740. The van der Waals surface area contributed by atoms with E-state index >= 15 is 0 Å². The SMILES string of the molecule is CCOCC(C)(CN)N1CCN(C)C(C)C1. The van der Waals surface area contributed by atoms with E-state index in [2.05, 4.69) is 30.7 Å². The van der Waals surface area contributed by atoms with Crippen molar-refractivity contribution in [3.63, 3.8) is 0 Å². The van der Waals surface area contributed by atoms with Crippen molar-refractivity contribution in [2.75, 3.05) is 46.4 Å². The second kappa shape index (κ2) is 5.96. The molecule has 16 heavy (non-hydrogen) atoms. The van der Waals surface area contributed by atoms with Crippen molar-refractivity contribution in [3.05, 3.63) is 0 Å². The van der Waals surface area contributed by atoms with Crippen LogP contribution in [0.1, 0.15) is 20.8 Å². The molecule has 0 aromatic heterocycles. The Bertz CT molecular complexity index is 212. The Balaban J connectivity index is 2.58. The van der Waals surface area contributed by atoms with Crippen molar-refractivity contribution in [2.45, 2.75) is 32.4 Å². The summed E-state index contributed by atoms with van der Waals surface area (Å²) < 4.78 is 5.57. The fourth-order valence-corrected chi connectivity index (χ4v) is 2.14. The van der Waals surface area contributed by atoms with Gasteiger partial charge in [0.25, 0.3) is 0 Å². The van der Waals surface area contributed by atoms with Crippen LogP contribution in [0.3, 0.4) is 0 Å². The average Bonchev–Trinajstić information content (AvgIpc) is 2.29. The van der Waals surface area contributed by atoms with Gasteiger partial charge in [-0.15, -0.1) is 0 Å². The van der Waals surface area contributed by atoms with E-state index in [9.17, 15) is 0 Å². The summed E-state index contributed by atoms with van der Waals surface area (Å²) in [7, 11) is 2.18. The highest BCUT2D eigenvalue weighted by molar-refractivity contribution is 4.92. The van der Waals surface area contributed by atoms with Gasteiger partial charge in [-0.05, 0) is 27.8 Å². The minimum Gasteiger partial charge on any atom is -0.380 e. The van der Waals surface area contributed by atoms with Crippen LogP contribution in [-0.2, 0) is 4.74 Å². The molecule has 96 valence electrons. The average molecular weight is 229 g/mol. The number of nitrogens with two attached hydrogens (primary N) is 1. The molecule has 2 N–H and O–H groups in total. The minimum atomic E-state index is -0.00840. The number of hydrogen-bond acceptors (Lipinski definition) is 4. The Morgan fingerprint density at radius 2 is 2.12 bits per heavy atom. The van der Waals surface area contributed by atoms with Crippen molar-refractivity contribution < 1.29 is 4.74 Å². The molecule has 4 nitrogen and oxygen atoms in total. The van der Waals surface area contributed by atoms with Crippen LogP contribution < -0.4 is 5.73 Å². The zero-order valence-corrected chi connectivity index (χ0v) is 11.2. The van der Waals surface area contributed by atoms with E-state index in [1.54, 1.807) is 0 Å². The van der Waals surface area contributed by atoms with Gasteiger partial charge in [-0.1, -0.05) is 0 Å². The Morgan fingerprint density at radius 1 is 1.44 bits per heavy atom. The largest absolute Gasteiger partial charge is 0.380 e. The Labute approximate surface area is 99.7 Å². The first-order valence-corrected chi connectivity index (χ1v) is 6.26. The van der Waals surface area contributed by atoms with Gasteiger partial charge in [-0.25, -0.2) is 0 Å². The molecular formula is C12H27N3O. The molecule has 0 spiro atoms. The number of hydrogen-bond donors (Lipinski definition) is 1. The van der Waals surface area contributed by atoms with Crippen molar-refractivity contribution in [2.24, 2.45) is 5.73 Å². The Hall–Kier alpha value is -0.160. The molecule has 0 saturated carbocycles. The zero-order valence-electron chi connectivity index (χ0n) is 11.2. The molecule has 0 aliphatic carbocycles. The highest BCUT2D eigenvalue weighted by atomic mass is 16.5. The minimum absolute atomic E-state index is 0.00840. The summed E-state index contributed by atoms with van der Waals surface area (Å²) in [5.41, 5.74) is 5.92. The molecule has 0 bridgehead atoms. The van der Waals surface area contributed by atoms with Crippen LogP contribution in [0.2, 0.25) is 0 Å². The second-order valence-electron chi connectivity index (χ2n) is 5.11. The molecule has 1 aliphatic rings. The third-order valence-corrected chi connectivity index (χ3v) is 3.78. The van der Waals surface area contributed by atoms with E-state index in [0.717, 1.165) is 32.8 Å². The van der Waals surface area contributed by atoms with Crippen LogP contribution in [-0.4, -0.2) is 67.8 Å². The maximum Gasteiger partial charge on any atom is 0.0659 e. The number of nitrogens with zero attached hydrogens (tertiary/aromatic N) is 2. The molecular weight excluding hydrogens is 202 g/mol. The maximum atomic E-state index is 5.92. The lowest BCUT2D eigenvalue weighted by atomic mass is 9.98. The van der Waals surface area contributed by atoms with Crippen molar-refractivity contribution >= 4 is 0 Å². The lowest BCUT2D eigenvalue weighted by Gasteiger charge is -2.47.